The summed E-state index contributed by atoms with van der Waals surface area (Å²) in [4.78, 5) is 38.7. The van der Waals surface area contributed by atoms with E-state index in [9.17, 15) is 14.0 Å². The third kappa shape index (κ3) is 5.32. The smallest absolute Gasteiger partial charge is 0.274 e. The number of anilines is 2. The highest BCUT2D eigenvalue weighted by Gasteiger charge is 2.13. The van der Waals surface area contributed by atoms with Crippen molar-refractivity contribution in [2.75, 3.05) is 10.6 Å². The Hall–Kier alpha value is -4.12. The zero-order chi connectivity index (χ0) is 22.5. The number of amides is 2. The predicted octanol–water partition coefficient (Wildman–Crippen LogP) is 3.63. The van der Waals surface area contributed by atoms with Crippen molar-refractivity contribution in [1.82, 2.24) is 24.5 Å². The molecule has 0 aliphatic rings. The summed E-state index contributed by atoms with van der Waals surface area (Å²) in [6.45, 7) is 1.74. The van der Waals surface area contributed by atoms with E-state index in [2.05, 4.69) is 30.6 Å². The summed E-state index contributed by atoms with van der Waals surface area (Å²) in [6, 6.07) is 6.47. The van der Waals surface area contributed by atoms with Gasteiger partial charge in [0.2, 0.25) is 17.8 Å². The molecular formula is C21H18FN7O2S. The van der Waals surface area contributed by atoms with Crippen molar-refractivity contribution < 1.29 is 14.0 Å². The lowest BCUT2D eigenvalue weighted by atomic mass is 10.2. The van der Waals surface area contributed by atoms with Crippen molar-refractivity contribution in [3.05, 3.63) is 76.8 Å². The van der Waals surface area contributed by atoms with E-state index in [1.165, 1.54) is 30.5 Å². The van der Waals surface area contributed by atoms with Crippen LogP contribution in [0.4, 0.5) is 15.5 Å². The molecule has 0 spiro atoms. The number of rotatable bonds is 7. The molecule has 4 aromatic heterocycles. The molecule has 0 aromatic carbocycles. The number of aromatic nitrogens is 5. The number of hydrogen-bond acceptors (Lipinski definition) is 6. The maximum atomic E-state index is 13.3. The van der Waals surface area contributed by atoms with Crippen molar-refractivity contribution >= 4 is 46.4 Å². The van der Waals surface area contributed by atoms with Crippen molar-refractivity contribution in [1.29, 1.82) is 0 Å². The largest absolute Gasteiger partial charge is 0.339 e. The number of carbonyl (C=O) groups excluding carboxylic acids is 2. The van der Waals surface area contributed by atoms with Crippen molar-refractivity contribution in [2.24, 2.45) is 0 Å². The van der Waals surface area contributed by atoms with Gasteiger partial charge in [-0.1, -0.05) is 0 Å². The lowest BCUT2D eigenvalue weighted by Crippen LogP contribution is -2.17. The zero-order valence-electron chi connectivity index (χ0n) is 16.9. The molecular weight excluding hydrogens is 433 g/mol. The van der Waals surface area contributed by atoms with Crippen LogP contribution in [0.15, 0.2) is 48.2 Å². The average Bonchev–Trinajstić information content (AvgIpc) is 3.48. The van der Waals surface area contributed by atoms with Crippen molar-refractivity contribution in [3.8, 4) is 0 Å². The average molecular weight is 451 g/mol. The van der Waals surface area contributed by atoms with E-state index in [4.69, 9.17) is 0 Å². The normalized spacial score (nSPS) is 11.1. The van der Waals surface area contributed by atoms with Gasteiger partial charge >= 0.3 is 0 Å². The highest BCUT2D eigenvalue weighted by molar-refractivity contribution is 7.14. The summed E-state index contributed by atoms with van der Waals surface area (Å²) in [5, 5.41) is 7.59. The number of nitrogens with one attached hydrogen (secondary N) is 3. The van der Waals surface area contributed by atoms with Crippen LogP contribution in [0.1, 0.15) is 34.4 Å². The second kappa shape index (κ2) is 9.35. The molecule has 9 nitrogen and oxygen atoms in total. The molecule has 3 N–H and O–H groups in total. The number of thiazole rings is 1. The summed E-state index contributed by atoms with van der Waals surface area (Å²) >= 11 is 1.29. The summed E-state index contributed by atoms with van der Waals surface area (Å²) in [6.07, 6.45) is 8.25. The lowest BCUT2D eigenvalue weighted by molar-refractivity contribution is -0.114. The molecule has 0 bridgehead atoms. The van der Waals surface area contributed by atoms with E-state index in [0.717, 1.165) is 0 Å². The molecule has 0 fully saturated rings. The van der Waals surface area contributed by atoms with Gasteiger partial charge in [-0.05, 0) is 42.0 Å². The Kier molecular flexibility index (Phi) is 6.17. The molecule has 0 aliphatic carbocycles. The van der Waals surface area contributed by atoms with Gasteiger partial charge in [-0.2, -0.15) is 4.39 Å². The fourth-order valence-corrected chi connectivity index (χ4v) is 3.58. The van der Waals surface area contributed by atoms with Crippen LogP contribution >= 0.6 is 11.3 Å². The number of imidazole rings is 1. The molecule has 32 heavy (non-hydrogen) atoms. The standard InChI is InChI=1S/C21H18FN7O2S/c1-13(30)25-20-24-10-15(26-20)4-5-16-12-32-21(27-16)28-19(31)17-3-2-8-29(17)11-14-6-7-23-18(22)9-14/h2-10,12H,11H2,1H3,(H,27,28,31)(H2,24,25,26,30)/b5-4+. The van der Waals surface area contributed by atoms with Gasteiger partial charge in [-0.25, -0.2) is 15.0 Å². The van der Waals surface area contributed by atoms with Crippen LogP contribution in [-0.2, 0) is 11.3 Å². The Morgan fingerprint density at radius 3 is 2.94 bits per heavy atom. The molecule has 4 heterocycles. The van der Waals surface area contributed by atoms with Crippen LogP contribution in [0.5, 0.6) is 0 Å². The second-order valence-corrected chi connectivity index (χ2v) is 7.60. The maximum absolute atomic E-state index is 13.3. The number of halogens is 1. The topological polar surface area (TPSA) is 118 Å². The monoisotopic (exact) mass is 451 g/mol. The third-order valence-electron chi connectivity index (χ3n) is 4.27. The first kappa shape index (κ1) is 21.1. The van der Waals surface area contributed by atoms with Gasteiger partial charge in [-0.15, -0.1) is 11.3 Å². The molecule has 4 rings (SSSR count). The van der Waals surface area contributed by atoms with Crippen molar-refractivity contribution in [2.45, 2.75) is 13.5 Å². The van der Waals surface area contributed by atoms with Crippen LogP contribution in [0, 0.1) is 5.95 Å². The fraction of sp³-hybridized carbons (Fsp3) is 0.0952. The van der Waals surface area contributed by atoms with Gasteiger partial charge in [0.15, 0.2) is 5.13 Å². The number of nitrogens with zero attached hydrogens (tertiary/aromatic N) is 4. The molecule has 2 amide bonds. The lowest BCUT2D eigenvalue weighted by Gasteiger charge is -2.09. The van der Waals surface area contributed by atoms with Crippen LogP contribution in [0.3, 0.4) is 0 Å². The van der Waals surface area contributed by atoms with Crippen molar-refractivity contribution in [3.63, 3.8) is 0 Å². The van der Waals surface area contributed by atoms with E-state index in [1.54, 1.807) is 52.7 Å². The number of H-pyrrole nitrogens is 1. The Bertz CT molecular complexity index is 1290. The van der Waals surface area contributed by atoms with Crippen LogP contribution < -0.4 is 10.6 Å². The summed E-state index contributed by atoms with van der Waals surface area (Å²) in [5.41, 5.74) is 2.48. The molecule has 162 valence electrons. The minimum absolute atomic E-state index is 0.214. The van der Waals surface area contributed by atoms with E-state index in [1.807, 2.05) is 0 Å². The Morgan fingerprint density at radius 2 is 2.12 bits per heavy atom. The van der Waals surface area contributed by atoms with Crippen LogP contribution in [-0.4, -0.2) is 36.3 Å². The van der Waals surface area contributed by atoms with E-state index >= 15 is 0 Å². The molecule has 11 heteroatoms. The van der Waals surface area contributed by atoms with Gasteiger partial charge in [-0.3, -0.25) is 20.2 Å². The van der Waals surface area contributed by atoms with Crippen LogP contribution in [0.25, 0.3) is 12.2 Å². The zero-order valence-corrected chi connectivity index (χ0v) is 17.7. The second-order valence-electron chi connectivity index (χ2n) is 6.74. The Labute approximate surface area is 186 Å². The SMILES string of the molecule is CC(=O)Nc1ncc(/C=C/c2csc(NC(=O)c3cccn3Cc3ccnc(F)c3)n2)[nH]1. The first-order valence-corrected chi connectivity index (χ1v) is 10.4. The molecule has 4 aromatic rings. The predicted molar refractivity (Wildman–Crippen MR) is 120 cm³/mol. The van der Waals surface area contributed by atoms with Gasteiger partial charge in [0.1, 0.15) is 5.69 Å². The van der Waals surface area contributed by atoms with Gasteiger partial charge in [0.25, 0.3) is 5.91 Å². The highest BCUT2D eigenvalue weighted by Crippen LogP contribution is 2.19. The maximum Gasteiger partial charge on any atom is 0.274 e. The van der Waals surface area contributed by atoms with E-state index < -0.39 is 5.95 Å². The minimum Gasteiger partial charge on any atom is -0.339 e. The third-order valence-corrected chi connectivity index (χ3v) is 5.05. The first-order valence-electron chi connectivity index (χ1n) is 9.49. The summed E-state index contributed by atoms with van der Waals surface area (Å²) in [5.74, 6) is -0.733. The number of hydrogen-bond donors (Lipinski definition) is 3. The fourth-order valence-electron chi connectivity index (χ4n) is 2.90. The van der Waals surface area contributed by atoms with E-state index in [0.29, 0.717) is 40.3 Å². The van der Waals surface area contributed by atoms with Crippen LogP contribution in [0.2, 0.25) is 0 Å². The summed E-state index contributed by atoms with van der Waals surface area (Å²) in [7, 11) is 0. The summed E-state index contributed by atoms with van der Waals surface area (Å²) < 4.78 is 15.1. The number of carbonyl (C=O) groups is 2. The highest BCUT2D eigenvalue weighted by atomic mass is 32.1. The Balaban J connectivity index is 1.40. The molecule has 0 radical (unpaired) electrons. The number of aromatic amines is 1. The molecule has 0 saturated carbocycles. The van der Waals surface area contributed by atoms with Gasteiger partial charge in [0.05, 0.1) is 17.6 Å². The molecule has 0 aliphatic heterocycles. The molecule has 0 unspecified atom stereocenters. The van der Waals surface area contributed by atoms with Gasteiger partial charge < -0.3 is 9.55 Å². The minimum atomic E-state index is -0.564. The first-order chi connectivity index (χ1) is 15.5. The molecule has 0 saturated heterocycles. The molecule has 0 atom stereocenters. The van der Waals surface area contributed by atoms with Gasteiger partial charge in [0, 0.05) is 31.2 Å². The number of pyridine rings is 1. The Morgan fingerprint density at radius 1 is 1.25 bits per heavy atom. The van der Waals surface area contributed by atoms with E-state index in [-0.39, 0.29) is 11.8 Å². The quantitative estimate of drug-likeness (QED) is 0.371.